The number of nitrogens with zero attached hydrogens (tertiary/aromatic N) is 2. The Hall–Kier alpha value is -0.750. The third kappa shape index (κ3) is 4.38. The first kappa shape index (κ1) is 15.6. The van der Waals surface area contributed by atoms with Gasteiger partial charge in [-0.1, -0.05) is 0 Å². The van der Waals surface area contributed by atoms with Gasteiger partial charge in [0.15, 0.2) is 0 Å². The van der Waals surface area contributed by atoms with Gasteiger partial charge in [-0.05, 0) is 39.1 Å². The van der Waals surface area contributed by atoms with E-state index in [1.54, 1.807) is 22.7 Å². The second kappa shape index (κ2) is 6.35. The highest BCUT2D eigenvalue weighted by Gasteiger charge is 2.21. The first-order valence-electron chi connectivity index (χ1n) is 6.78. The van der Waals surface area contributed by atoms with Crippen LogP contribution in [0.2, 0.25) is 0 Å². The van der Waals surface area contributed by atoms with Crippen LogP contribution in [0.5, 0.6) is 0 Å². The van der Waals surface area contributed by atoms with Gasteiger partial charge in [-0.25, -0.2) is 4.98 Å². The lowest BCUT2D eigenvalue weighted by Crippen LogP contribution is -2.41. The van der Waals surface area contributed by atoms with E-state index >= 15 is 0 Å². The van der Waals surface area contributed by atoms with Crippen LogP contribution in [0, 0.1) is 0 Å². The number of rotatable bonds is 6. The van der Waals surface area contributed by atoms with Crippen molar-refractivity contribution in [1.82, 2.24) is 9.88 Å². The molecule has 2 aromatic heterocycles. The van der Waals surface area contributed by atoms with E-state index in [0.717, 1.165) is 17.2 Å². The molecule has 2 rings (SSSR count). The van der Waals surface area contributed by atoms with E-state index < -0.39 is 5.60 Å². The van der Waals surface area contributed by atoms with Gasteiger partial charge >= 0.3 is 0 Å². The molecule has 0 aromatic carbocycles. The number of hydrogen-bond donors (Lipinski definition) is 1. The molecule has 0 aliphatic carbocycles. The fourth-order valence-electron chi connectivity index (χ4n) is 2.02. The first-order valence-corrected chi connectivity index (χ1v) is 8.61. The molecular weight excluding hydrogens is 288 g/mol. The highest BCUT2D eigenvalue weighted by Crippen LogP contribution is 2.26. The average Bonchev–Trinajstić information content (AvgIpc) is 2.95. The maximum atomic E-state index is 10.0. The van der Waals surface area contributed by atoms with Crippen LogP contribution in [-0.2, 0) is 6.54 Å². The van der Waals surface area contributed by atoms with Gasteiger partial charge < -0.3 is 5.11 Å². The summed E-state index contributed by atoms with van der Waals surface area (Å²) in [7, 11) is 0. The number of thiophene rings is 1. The van der Waals surface area contributed by atoms with Crippen molar-refractivity contribution in [2.75, 3.05) is 6.54 Å². The third-order valence-corrected chi connectivity index (χ3v) is 4.63. The first-order chi connectivity index (χ1) is 9.35. The molecule has 2 heterocycles. The van der Waals surface area contributed by atoms with E-state index in [1.165, 1.54) is 5.56 Å². The summed E-state index contributed by atoms with van der Waals surface area (Å²) in [6.07, 6.45) is 0. The van der Waals surface area contributed by atoms with Crippen molar-refractivity contribution in [3.8, 4) is 10.6 Å². The Morgan fingerprint density at radius 2 is 2.10 bits per heavy atom. The van der Waals surface area contributed by atoms with Gasteiger partial charge in [0.2, 0.25) is 0 Å². The number of thiazole rings is 1. The fourth-order valence-corrected chi connectivity index (χ4v) is 3.55. The maximum Gasteiger partial charge on any atom is 0.124 e. The summed E-state index contributed by atoms with van der Waals surface area (Å²) in [5.74, 6) is 0. The quantitative estimate of drug-likeness (QED) is 0.880. The van der Waals surface area contributed by atoms with E-state index in [4.69, 9.17) is 4.98 Å². The predicted octanol–water partition coefficient (Wildman–Crippen LogP) is 3.85. The zero-order chi connectivity index (χ0) is 14.8. The van der Waals surface area contributed by atoms with Crippen LogP contribution in [0.4, 0.5) is 0 Å². The highest BCUT2D eigenvalue weighted by atomic mass is 32.1. The minimum Gasteiger partial charge on any atom is -0.389 e. The third-order valence-electron chi connectivity index (χ3n) is 3.01. The van der Waals surface area contributed by atoms with Gasteiger partial charge in [-0.2, -0.15) is 11.3 Å². The van der Waals surface area contributed by atoms with Gasteiger partial charge in [-0.3, -0.25) is 4.90 Å². The Morgan fingerprint density at radius 3 is 2.65 bits per heavy atom. The molecule has 0 spiro atoms. The van der Waals surface area contributed by atoms with Gasteiger partial charge in [0, 0.05) is 35.5 Å². The second-order valence-corrected chi connectivity index (χ2v) is 7.61. The molecular formula is C15H22N2OS2. The molecule has 0 saturated heterocycles. The van der Waals surface area contributed by atoms with Crippen molar-refractivity contribution in [2.45, 2.75) is 45.9 Å². The summed E-state index contributed by atoms with van der Waals surface area (Å²) in [5, 5.41) is 17.4. The van der Waals surface area contributed by atoms with Crippen molar-refractivity contribution in [1.29, 1.82) is 0 Å². The van der Waals surface area contributed by atoms with Crippen LogP contribution in [0.1, 0.15) is 33.4 Å². The molecule has 0 aliphatic rings. The van der Waals surface area contributed by atoms with E-state index in [9.17, 15) is 5.11 Å². The average molecular weight is 310 g/mol. The Balaban J connectivity index is 2.08. The molecule has 0 radical (unpaired) electrons. The van der Waals surface area contributed by atoms with E-state index in [-0.39, 0.29) is 0 Å². The summed E-state index contributed by atoms with van der Waals surface area (Å²) in [6, 6.07) is 2.48. The Bertz CT molecular complexity index is 526. The van der Waals surface area contributed by atoms with Crippen molar-refractivity contribution >= 4 is 22.7 Å². The molecule has 110 valence electrons. The molecule has 20 heavy (non-hydrogen) atoms. The van der Waals surface area contributed by atoms with Gasteiger partial charge in [0.05, 0.1) is 11.3 Å². The largest absolute Gasteiger partial charge is 0.389 e. The molecule has 0 fully saturated rings. The number of aromatic nitrogens is 1. The van der Waals surface area contributed by atoms with Crippen LogP contribution >= 0.6 is 22.7 Å². The van der Waals surface area contributed by atoms with E-state index in [1.807, 2.05) is 13.8 Å². The minimum atomic E-state index is -0.684. The molecule has 0 saturated carbocycles. The monoisotopic (exact) mass is 310 g/mol. The Labute approximate surface area is 128 Å². The van der Waals surface area contributed by atoms with Crippen LogP contribution in [0.3, 0.4) is 0 Å². The molecule has 0 amide bonds. The summed E-state index contributed by atoms with van der Waals surface area (Å²) < 4.78 is 0. The summed E-state index contributed by atoms with van der Waals surface area (Å²) >= 11 is 3.38. The van der Waals surface area contributed by atoms with Crippen LogP contribution in [0.15, 0.2) is 22.2 Å². The van der Waals surface area contributed by atoms with Crippen molar-refractivity contribution < 1.29 is 5.11 Å². The van der Waals surface area contributed by atoms with Crippen molar-refractivity contribution in [3.63, 3.8) is 0 Å². The zero-order valence-electron chi connectivity index (χ0n) is 12.5. The zero-order valence-corrected chi connectivity index (χ0v) is 14.1. The van der Waals surface area contributed by atoms with Crippen LogP contribution in [-0.4, -0.2) is 33.2 Å². The van der Waals surface area contributed by atoms with E-state index in [2.05, 4.69) is 41.0 Å². The molecule has 0 aliphatic heterocycles. The van der Waals surface area contributed by atoms with Crippen molar-refractivity contribution in [2.24, 2.45) is 0 Å². The van der Waals surface area contributed by atoms with Gasteiger partial charge in [0.1, 0.15) is 5.01 Å². The van der Waals surface area contributed by atoms with Gasteiger partial charge in [0.25, 0.3) is 0 Å². The molecule has 5 heteroatoms. The Kier molecular flexibility index (Phi) is 4.96. The minimum absolute atomic E-state index is 0.382. The van der Waals surface area contributed by atoms with Crippen molar-refractivity contribution in [3.05, 3.63) is 27.9 Å². The number of hydrogen-bond acceptors (Lipinski definition) is 5. The predicted molar refractivity (Wildman–Crippen MR) is 87.3 cm³/mol. The lowest BCUT2D eigenvalue weighted by atomic mass is 10.1. The fraction of sp³-hybridized carbons (Fsp3) is 0.533. The smallest absolute Gasteiger partial charge is 0.124 e. The molecule has 1 N–H and O–H groups in total. The standard InChI is InChI=1S/C15H22N2OS2/c1-11(2)17(10-15(3,4)18)7-13-9-20-14(16-13)12-5-6-19-8-12/h5-6,8-9,11,18H,7,10H2,1-4H3. The summed E-state index contributed by atoms with van der Waals surface area (Å²) in [4.78, 5) is 6.96. The molecule has 3 nitrogen and oxygen atoms in total. The molecule has 0 bridgehead atoms. The Morgan fingerprint density at radius 1 is 1.35 bits per heavy atom. The highest BCUT2D eigenvalue weighted by molar-refractivity contribution is 7.14. The van der Waals surface area contributed by atoms with Gasteiger partial charge in [-0.15, -0.1) is 11.3 Å². The number of aliphatic hydroxyl groups is 1. The second-order valence-electron chi connectivity index (χ2n) is 5.97. The lowest BCUT2D eigenvalue weighted by Gasteiger charge is -2.31. The SMILES string of the molecule is CC(C)N(Cc1csc(-c2ccsc2)n1)CC(C)(C)O. The summed E-state index contributed by atoms with van der Waals surface area (Å²) in [6.45, 7) is 9.43. The van der Waals surface area contributed by atoms with E-state index in [0.29, 0.717) is 12.6 Å². The van der Waals surface area contributed by atoms with Crippen LogP contribution < -0.4 is 0 Å². The maximum absolute atomic E-state index is 10.0. The molecule has 2 aromatic rings. The normalized spacial score (nSPS) is 12.6. The lowest BCUT2D eigenvalue weighted by molar-refractivity contribution is 0.0221. The molecule has 0 unspecified atom stereocenters. The van der Waals surface area contributed by atoms with Crippen LogP contribution in [0.25, 0.3) is 10.6 Å². The molecule has 0 atom stereocenters. The summed E-state index contributed by atoms with van der Waals surface area (Å²) in [5.41, 5.74) is 1.59. The topological polar surface area (TPSA) is 36.4 Å².